The maximum atomic E-state index is 5.99. The molecule has 3 rings (SSSR count). The summed E-state index contributed by atoms with van der Waals surface area (Å²) in [7, 11) is 4.71. The van der Waals surface area contributed by atoms with Crippen molar-refractivity contribution in [2.75, 3.05) is 27.1 Å². The van der Waals surface area contributed by atoms with Crippen LogP contribution in [0.5, 0.6) is 17.2 Å². The normalized spacial score (nSPS) is 10.8. The Morgan fingerprint density at radius 1 is 1.00 bits per heavy atom. The Morgan fingerprint density at radius 3 is 2.21 bits per heavy atom. The van der Waals surface area contributed by atoms with Gasteiger partial charge >= 0.3 is 0 Å². The van der Waals surface area contributed by atoms with Crippen LogP contribution in [0.15, 0.2) is 28.7 Å². The Balaban J connectivity index is 2.20. The van der Waals surface area contributed by atoms with Crippen molar-refractivity contribution in [3.05, 3.63) is 29.8 Å². The Bertz CT molecular complexity index is 861. The molecule has 0 spiro atoms. The molecule has 2 aromatic carbocycles. The molecule has 0 saturated carbocycles. The van der Waals surface area contributed by atoms with Crippen LogP contribution in [0.2, 0.25) is 0 Å². The fraction of sp³-hybridized carbons (Fsp3) is 0.278. The zero-order valence-electron chi connectivity index (χ0n) is 14.2. The molecule has 1 aromatic heterocycles. The van der Waals surface area contributed by atoms with Crippen LogP contribution >= 0.6 is 0 Å². The predicted octanol–water partition coefficient (Wildman–Crippen LogP) is 3.67. The first-order valence-electron chi connectivity index (χ1n) is 7.60. The third-order valence-corrected chi connectivity index (χ3v) is 3.88. The standard InChI is InChI=1S/C18H20N2O4/c1-5-10-6-12(19)9-13-16(10)24-18(20-13)11-7-14(21-2)17(23-4)15(8-11)22-3/h6-9H,5,19H2,1-4H3. The minimum atomic E-state index is 0.476. The first-order valence-corrected chi connectivity index (χ1v) is 7.60. The first-order chi connectivity index (χ1) is 11.6. The lowest BCUT2D eigenvalue weighted by atomic mass is 10.1. The molecule has 3 aromatic rings. The van der Waals surface area contributed by atoms with E-state index in [1.54, 1.807) is 39.5 Å². The number of nitrogens with zero attached hydrogens (tertiary/aromatic N) is 1. The van der Waals surface area contributed by atoms with E-state index < -0.39 is 0 Å². The van der Waals surface area contributed by atoms with Crippen molar-refractivity contribution in [1.29, 1.82) is 0 Å². The number of nitrogen functional groups attached to an aromatic ring is 1. The Labute approximate surface area is 140 Å². The monoisotopic (exact) mass is 328 g/mol. The van der Waals surface area contributed by atoms with Gasteiger partial charge in [0.25, 0.3) is 0 Å². The molecule has 0 fully saturated rings. The number of anilines is 1. The third kappa shape index (κ3) is 2.60. The number of oxazole rings is 1. The highest BCUT2D eigenvalue weighted by atomic mass is 16.5. The number of nitrogens with two attached hydrogens (primary N) is 1. The van der Waals surface area contributed by atoms with E-state index in [4.69, 9.17) is 24.4 Å². The van der Waals surface area contributed by atoms with Crippen LogP contribution in [0.25, 0.3) is 22.6 Å². The lowest BCUT2D eigenvalue weighted by Gasteiger charge is -2.12. The molecule has 126 valence electrons. The van der Waals surface area contributed by atoms with E-state index in [0.29, 0.717) is 28.8 Å². The van der Waals surface area contributed by atoms with Crippen LogP contribution in [0.4, 0.5) is 5.69 Å². The van der Waals surface area contributed by atoms with Gasteiger partial charge in [-0.05, 0) is 36.2 Å². The average molecular weight is 328 g/mol. The van der Waals surface area contributed by atoms with E-state index in [2.05, 4.69) is 11.9 Å². The van der Waals surface area contributed by atoms with Crippen molar-refractivity contribution in [2.45, 2.75) is 13.3 Å². The van der Waals surface area contributed by atoms with Gasteiger partial charge in [-0.1, -0.05) is 6.92 Å². The number of aryl methyl sites for hydroxylation is 1. The molecule has 0 bridgehead atoms. The summed E-state index contributed by atoms with van der Waals surface area (Å²) in [5, 5.41) is 0. The van der Waals surface area contributed by atoms with Gasteiger partial charge in [0.05, 0.1) is 21.3 Å². The molecule has 24 heavy (non-hydrogen) atoms. The van der Waals surface area contributed by atoms with Crippen LogP contribution in [-0.4, -0.2) is 26.3 Å². The van der Waals surface area contributed by atoms with E-state index in [-0.39, 0.29) is 0 Å². The second-order valence-electron chi connectivity index (χ2n) is 5.31. The largest absolute Gasteiger partial charge is 0.493 e. The average Bonchev–Trinajstić information content (AvgIpc) is 3.03. The zero-order valence-corrected chi connectivity index (χ0v) is 14.2. The van der Waals surface area contributed by atoms with Gasteiger partial charge in [-0.3, -0.25) is 0 Å². The molecule has 1 heterocycles. The summed E-state index contributed by atoms with van der Waals surface area (Å²) in [5.41, 5.74) is 9.85. The van der Waals surface area contributed by atoms with Crippen molar-refractivity contribution in [3.8, 4) is 28.7 Å². The van der Waals surface area contributed by atoms with Crippen LogP contribution in [0, 0.1) is 0 Å². The highest BCUT2D eigenvalue weighted by Crippen LogP contribution is 2.41. The maximum Gasteiger partial charge on any atom is 0.227 e. The Morgan fingerprint density at radius 2 is 1.67 bits per heavy atom. The molecule has 0 aliphatic carbocycles. The SMILES string of the molecule is CCc1cc(N)cc2nc(-c3cc(OC)c(OC)c(OC)c3)oc12. The fourth-order valence-electron chi connectivity index (χ4n) is 2.72. The molecule has 6 nitrogen and oxygen atoms in total. The number of rotatable bonds is 5. The molecular formula is C18H20N2O4. The topological polar surface area (TPSA) is 79.7 Å². The minimum absolute atomic E-state index is 0.476. The zero-order chi connectivity index (χ0) is 17.3. The molecule has 0 saturated heterocycles. The number of hydrogen-bond acceptors (Lipinski definition) is 6. The number of hydrogen-bond donors (Lipinski definition) is 1. The molecule has 0 amide bonds. The molecular weight excluding hydrogens is 308 g/mol. The fourth-order valence-corrected chi connectivity index (χ4v) is 2.72. The highest BCUT2D eigenvalue weighted by molar-refractivity contribution is 5.83. The molecule has 0 radical (unpaired) electrons. The minimum Gasteiger partial charge on any atom is -0.493 e. The number of aromatic nitrogens is 1. The molecule has 0 unspecified atom stereocenters. The van der Waals surface area contributed by atoms with Gasteiger partial charge in [-0.15, -0.1) is 0 Å². The van der Waals surface area contributed by atoms with E-state index in [9.17, 15) is 0 Å². The van der Waals surface area contributed by atoms with Gasteiger partial charge in [0.15, 0.2) is 17.1 Å². The van der Waals surface area contributed by atoms with E-state index >= 15 is 0 Å². The van der Waals surface area contributed by atoms with Crippen molar-refractivity contribution in [1.82, 2.24) is 4.98 Å². The first kappa shape index (κ1) is 16.0. The van der Waals surface area contributed by atoms with E-state index in [0.717, 1.165) is 28.6 Å². The van der Waals surface area contributed by atoms with Gasteiger partial charge in [0.2, 0.25) is 11.6 Å². The van der Waals surface area contributed by atoms with Gasteiger partial charge in [-0.25, -0.2) is 4.98 Å². The summed E-state index contributed by atoms with van der Waals surface area (Å²) in [6, 6.07) is 7.33. The van der Waals surface area contributed by atoms with Gasteiger partial charge in [0.1, 0.15) is 5.52 Å². The van der Waals surface area contributed by atoms with Gasteiger partial charge in [0, 0.05) is 11.3 Å². The Kier molecular flexibility index (Phi) is 4.20. The molecule has 0 atom stereocenters. The van der Waals surface area contributed by atoms with E-state index in [1.165, 1.54) is 0 Å². The summed E-state index contributed by atoms with van der Waals surface area (Å²) >= 11 is 0. The predicted molar refractivity (Wildman–Crippen MR) is 92.9 cm³/mol. The van der Waals surface area contributed by atoms with Crippen LogP contribution in [-0.2, 0) is 6.42 Å². The lowest BCUT2D eigenvalue weighted by molar-refractivity contribution is 0.324. The highest BCUT2D eigenvalue weighted by Gasteiger charge is 2.18. The second kappa shape index (κ2) is 6.31. The summed E-state index contributed by atoms with van der Waals surface area (Å²) in [5.74, 6) is 2.09. The van der Waals surface area contributed by atoms with Crippen molar-refractivity contribution < 1.29 is 18.6 Å². The second-order valence-corrected chi connectivity index (χ2v) is 5.31. The number of methoxy groups -OCH3 is 3. The number of ether oxygens (including phenoxy) is 3. The van der Waals surface area contributed by atoms with Gasteiger partial charge in [-0.2, -0.15) is 0 Å². The van der Waals surface area contributed by atoms with Crippen molar-refractivity contribution >= 4 is 16.8 Å². The quantitative estimate of drug-likeness (QED) is 0.720. The molecule has 0 aliphatic heterocycles. The number of fused-ring (bicyclic) bond motifs is 1. The molecule has 0 aliphatic rings. The smallest absolute Gasteiger partial charge is 0.227 e. The summed E-state index contributed by atoms with van der Waals surface area (Å²) in [6.45, 7) is 2.05. The van der Waals surface area contributed by atoms with E-state index in [1.807, 2.05) is 6.07 Å². The van der Waals surface area contributed by atoms with Crippen molar-refractivity contribution in [2.24, 2.45) is 0 Å². The molecule has 2 N–H and O–H groups in total. The lowest BCUT2D eigenvalue weighted by Crippen LogP contribution is -1.95. The van der Waals surface area contributed by atoms with Crippen LogP contribution in [0.3, 0.4) is 0 Å². The summed E-state index contributed by atoms with van der Waals surface area (Å²) in [6.07, 6.45) is 0.811. The maximum absolute atomic E-state index is 5.99. The van der Waals surface area contributed by atoms with Crippen LogP contribution in [0.1, 0.15) is 12.5 Å². The summed E-state index contributed by atoms with van der Waals surface area (Å²) in [4.78, 5) is 4.56. The number of benzene rings is 2. The third-order valence-electron chi connectivity index (χ3n) is 3.88. The molecule has 6 heteroatoms. The van der Waals surface area contributed by atoms with Crippen LogP contribution < -0.4 is 19.9 Å². The van der Waals surface area contributed by atoms with Crippen molar-refractivity contribution in [3.63, 3.8) is 0 Å². The van der Waals surface area contributed by atoms with Gasteiger partial charge < -0.3 is 24.4 Å². The Hall–Kier alpha value is -2.89. The summed E-state index contributed by atoms with van der Waals surface area (Å²) < 4.78 is 22.1.